The molecule has 1 unspecified atom stereocenters. The first-order chi connectivity index (χ1) is 13.9. The molecule has 1 atom stereocenters. The zero-order chi connectivity index (χ0) is 21.1. The summed E-state index contributed by atoms with van der Waals surface area (Å²) in [6.45, 7) is 2.31. The lowest BCUT2D eigenvalue weighted by Crippen LogP contribution is -2.31. The number of rotatable bonds is 6. The highest BCUT2D eigenvalue weighted by atomic mass is 35.5. The summed E-state index contributed by atoms with van der Waals surface area (Å²) in [5, 5.41) is 11.4. The largest absolute Gasteiger partial charge is 0.507 e. The number of halogens is 3. The maximum atomic E-state index is 14.6. The van der Waals surface area contributed by atoms with Gasteiger partial charge < -0.3 is 10.0 Å². The van der Waals surface area contributed by atoms with Crippen molar-refractivity contribution in [2.24, 2.45) is 0 Å². The van der Waals surface area contributed by atoms with Crippen LogP contribution in [0, 0.1) is 5.82 Å². The summed E-state index contributed by atoms with van der Waals surface area (Å²) in [5.74, 6) is -2.57. The molecule has 2 aromatic rings. The van der Waals surface area contributed by atoms with E-state index in [1.807, 2.05) is 6.92 Å². The number of carbonyl (C=O) groups is 2. The number of nitrogens with zero attached hydrogens (tertiary/aromatic N) is 1. The quantitative estimate of drug-likeness (QED) is 0.272. The van der Waals surface area contributed by atoms with Crippen molar-refractivity contribution in [1.82, 2.24) is 4.90 Å². The molecule has 7 heteroatoms. The number of ketones is 1. The van der Waals surface area contributed by atoms with E-state index in [1.54, 1.807) is 6.07 Å². The number of likely N-dealkylation sites (tertiary alicyclic amines) is 1. The second-order valence-electron chi connectivity index (χ2n) is 6.85. The molecule has 152 valence electrons. The minimum absolute atomic E-state index is 0.157. The fraction of sp³-hybridized carbons (Fsp3) is 0.273. The number of hydrogen-bond acceptors (Lipinski definition) is 3. The average molecular weight is 436 g/mol. The summed E-state index contributed by atoms with van der Waals surface area (Å²) in [7, 11) is 0. The number of hydrogen-bond donors (Lipinski definition) is 1. The molecule has 0 saturated carbocycles. The van der Waals surface area contributed by atoms with Gasteiger partial charge >= 0.3 is 0 Å². The van der Waals surface area contributed by atoms with Gasteiger partial charge in [-0.1, -0.05) is 61.2 Å². The fourth-order valence-corrected chi connectivity index (χ4v) is 3.76. The van der Waals surface area contributed by atoms with E-state index in [4.69, 9.17) is 23.2 Å². The number of aliphatic hydroxyl groups excluding tert-OH is 1. The maximum Gasteiger partial charge on any atom is 0.295 e. The molecule has 1 saturated heterocycles. The van der Waals surface area contributed by atoms with Gasteiger partial charge in [0, 0.05) is 17.7 Å². The Morgan fingerprint density at radius 3 is 2.48 bits per heavy atom. The molecule has 29 heavy (non-hydrogen) atoms. The summed E-state index contributed by atoms with van der Waals surface area (Å²) < 4.78 is 14.6. The second-order valence-corrected chi connectivity index (χ2v) is 7.66. The molecule has 1 fully saturated rings. The lowest BCUT2D eigenvalue weighted by molar-refractivity contribution is -0.139. The second kappa shape index (κ2) is 8.97. The third-order valence-electron chi connectivity index (χ3n) is 4.94. The monoisotopic (exact) mass is 435 g/mol. The highest BCUT2D eigenvalue weighted by Gasteiger charge is 2.46. The molecule has 1 heterocycles. The van der Waals surface area contributed by atoms with E-state index in [9.17, 15) is 19.1 Å². The van der Waals surface area contributed by atoms with E-state index in [0.29, 0.717) is 6.42 Å². The summed E-state index contributed by atoms with van der Waals surface area (Å²) in [4.78, 5) is 26.9. The van der Waals surface area contributed by atoms with Crippen LogP contribution in [0.25, 0.3) is 5.76 Å². The Morgan fingerprint density at radius 1 is 1.10 bits per heavy atom. The van der Waals surface area contributed by atoms with Crippen molar-refractivity contribution >= 4 is 40.7 Å². The zero-order valence-electron chi connectivity index (χ0n) is 15.8. The third-order valence-corrected chi connectivity index (χ3v) is 5.67. The van der Waals surface area contributed by atoms with Crippen molar-refractivity contribution in [3.8, 4) is 0 Å². The van der Waals surface area contributed by atoms with Crippen LogP contribution >= 0.6 is 23.2 Å². The normalized spacial score (nSPS) is 18.5. The number of benzene rings is 2. The van der Waals surface area contributed by atoms with Gasteiger partial charge in [0.1, 0.15) is 11.6 Å². The molecular weight excluding hydrogens is 416 g/mol. The van der Waals surface area contributed by atoms with Crippen LogP contribution in [0.1, 0.15) is 43.4 Å². The van der Waals surface area contributed by atoms with E-state index in [1.165, 1.54) is 41.3 Å². The summed E-state index contributed by atoms with van der Waals surface area (Å²) in [6, 6.07) is 9.30. The van der Waals surface area contributed by atoms with Crippen LogP contribution in [0.2, 0.25) is 10.0 Å². The van der Waals surface area contributed by atoms with Gasteiger partial charge in [0.25, 0.3) is 11.7 Å². The summed E-state index contributed by atoms with van der Waals surface area (Å²) in [6.07, 6.45) is 2.46. The molecule has 0 radical (unpaired) electrons. The predicted octanol–water partition coefficient (Wildman–Crippen LogP) is 5.74. The number of amides is 1. The SMILES string of the molecule is CCCCCN1C(=O)C(=O)/C(=C(/O)c2ccc(Cl)c(Cl)c2)C1c1ccccc1F. The first-order valence-corrected chi connectivity index (χ1v) is 10.1. The van der Waals surface area contributed by atoms with Crippen molar-refractivity contribution in [2.45, 2.75) is 32.2 Å². The maximum absolute atomic E-state index is 14.6. The smallest absolute Gasteiger partial charge is 0.295 e. The van der Waals surface area contributed by atoms with E-state index in [2.05, 4.69) is 0 Å². The van der Waals surface area contributed by atoms with Gasteiger partial charge in [0.15, 0.2) is 0 Å². The van der Waals surface area contributed by atoms with Crippen LogP contribution in [0.15, 0.2) is 48.0 Å². The van der Waals surface area contributed by atoms with Gasteiger partial charge in [-0.25, -0.2) is 4.39 Å². The zero-order valence-corrected chi connectivity index (χ0v) is 17.3. The minimum atomic E-state index is -1.01. The molecular formula is C22H20Cl2FNO3. The summed E-state index contributed by atoms with van der Waals surface area (Å²) in [5.41, 5.74) is 0.229. The van der Waals surface area contributed by atoms with Crippen LogP contribution in [-0.4, -0.2) is 28.2 Å². The topological polar surface area (TPSA) is 57.6 Å². The Balaban J connectivity index is 2.16. The Morgan fingerprint density at radius 2 is 1.83 bits per heavy atom. The highest BCUT2D eigenvalue weighted by Crippen LogP contribution is 2.41. The van der Waals surface area contributed by atoms with E-state index >= 15 is 0 Å². The van der Waals surface area contributed by atoms with E-state index < -0.39 is 29.3 Å². The molecule has 1 N–H and O–H groups in total. The average Bonchev–Trinajstić information content (AvgIpc) is 2.95. The molecule has 0 aliphatic carbocycles. The Kier molecular flexibility index (Phi) is 6.60. The number of aliphatic hydroxyl groups is 1. The van der Waals surface area contributed by atoms with Crippen LogP contribution in [0.4, 0.5) is 4.39 Å². The Hall–Kier alpha value is -2.37. The molecule has 4 nitrogen and oxygen atoms in total. The van der Waals surface area contributed by atoms with E-state index in [0.717, 1.165) is 12.8 Å². The van der Waals surface area contributed by atoms with Crippen molar-refractivity contribution < 1.29 is 19.1 Å². The van der Waals surface area contributed by atoms with Crippen molar-refractivity contribution in [2.75, 3.05) is 6.54 Å². The van der Waals surface area contributed by atoms with Gasteiger partial charge in [0.05, 0.1) is 21.7 Å². The molecule has 1 aliphatic rings. The first-order valence-electron chi connectivity index (χ1n) is 9.35. The van der Waals surface area contributed by atoms with Gasteiger partial charge in [-0.2, -0.15) is 0 Å². The van der Waals surface area contributed by atoms with E-state index in [-0.39, 0.29) is 33.3 Å². The molecule has 0 aromatic heterocycles. The lowest BCUT2D eigenvalue weighted by atomic mass is 9.95. The molecule has 3 rings (SSSR count). The molecule has 1 amide bonds. The van der Waals surface area contributed by atoms with Crippen molar-refractivity contribution in [3.05, 3.63) is 75.0 Å². The highest BCUT2D eigenvalue weighted by molar-refractivity contribution is 6.46. The van der Waals surface area contributed by atoms with Gasteiger partial charge in [-0.15, -0.1) is 0 Å². The first kappa shape index (κ1) is 21.3. The number of Topliss-reactive ketones (excluding diaryl/α,β-unsaturated/α-hetero) is 1. The van der Waals surface area contributed by atoms with Crippen LogP contribution in [0.5, 0.6) is 0 Å². The van der Waals surface area contributed by atoms with Crippen LogP contribution in [-0.2, 0) is 9.59 Å². The van der Waals surface area contributed by atoms with Crippen LogP contribution < -0.4 is 0 Å². The van der Waals surface area contributed by atoms with Crippen molar-refractivity contribution in [1.29, 1.82) is 0 Å². The van der Waals surface area contributed by atoms with Gasteiger partial charge in [0.2, 0.25) is 0 Å². The lowest BCUT2D eigenvalue weighted by Gasteiger charge is -2.25. The predicted molar refractivity (Wildman–Crippen MR) is 111 cm³/mol. The van der Waals surface area contributed by atoms with Crippen molar-refractivity contribution in [3.63, 3.8) is 0 Å². The minimum Gasteiger partial charge on any atom is -0.507 e. The molecule has 0 bridgehead atoms. The standard InChI is InChI=1S/C22H20Cl2FNO3/c1-2-3-6-11-26-19(14-7-4-5-8-17(14)25)18(21(28)22(26)29)20(27)13-9-10-15(23)16(24)12-13/h4-5,7-10,12,19,27H,2-3,6,11H2,1H3/b20-18+. The van der Waals surface area contributed by atoms with Crippen LogP contribution in [0.3, 0.4) is 0 Å². The number of carbonyl (C=O) groups excluding carboxylic acids is 2. The molecule has 2 aromatic carbocycles. The fourth-order valence-electron chi connectivity index (χ4n) is 3.46. The number of unbranched alkanes of at least 4 members (excludes halogenated alkanes) is 2. The van der Waals surface area contributed by atoms with Gasteiger partial charge in [-0.05, 0) is 30.7 Å². The third kappa shape index (κ3) is 4.16. The Labute approximate surface area is 178 Å². The van der Waals surface area contributed by atoms with Gasteiger partial charge in [-0.3, -0.25) is 9.59 Å². The molecule has 0 spiro atoms. The Bertz CT molecular complexity index is 990. The summed E-state index contributed by atoms with van der Waals surface area (Å²) >= 11 is 12.0. The molecule has 1 aliphatic heterocycles.